The fourth-order valence-electron chi connectivity index (χ4n) is 2.49. The molecule has 0 aliphatic heterocycles. The maximum Gasteiger partial charge on any atom is 0.165 e. The molecule has 0 aliphatic rings. The molecule has 0 radical (unpaired) electrons. The van der Waals surface area contributed by atoms with E-state index in [1.807, 2.05) is 23.9 Å². The first-order valence-electron chi connectivity index (χ1n) is 7.27. The van der Waals surface area contributed by atoms with Crippen molar-refractivity contribution in [1.29, 1.82) is 0 Å². The van der Waals surface area contributed by atoms with Crippen molar-refractivity contribution < 1.29 is 14.6 Å². The minimum atomic E-state index is 0.0673. The summed E-state index contributed by atoms with van der Waals surface area (Å²) in [6.45, 7) is 1.84. The molecule has 1 heterocycles. The average molecular weight is 340 g/mol. The lowest BCUT2D eigenvalue weighted by atomic mass is 10.1. The first kappa shape index (κ1) is 17.6. The Labute approximate surface area is 141 Å². The molecule has 2 rings (SSSR count). The molecule has 0 atom stereocenters. The second-order valence-electron chi connectivity index (χ2n) is 5.23. The Morgan fingerprint density at radius 1 is 1.26 bits per heavy atom. The maximum atomic E-state index is 9.35. The van der Waals surface area contributed by atoms with Crippen LogP contribution in [0.3, 0.4) is 0 Å². The standard InChI is InChI=1S/C16H22ClN3O3/c1-19-11-18-8-14(19)10-20(4-5-21)9-12-6-13(17)7-15(22-2)16(12)23-3/h6-8,11,21H,4-5,9-10H2,1-3H3. The summed E-state index contributed by atoms with van der Waals surface area (Å²) in [5, 5.41) is 9.93. The van der Waals surface area contributed by atoms with Crippen LogP contribution < -0.4 is 9.47 Å². The van der Waals surface area contributed by atoms with E-state index in [0.717, 1.165) is 11.3 Å². The number of imidazole rings is 1. The van der Waals surface area contributed by atoms with E-state index in [2.05, 4.69) is 9.88 Å². The van der Waals surface area contributed by atoms with Crippen molar-refractivity contribution in [2.24, 2.45) is 7.05 Å². The van der Waals surface area contributed by atoms with Crippen LogP contribution in [0, 0.1) is 0 Å². The number of nitrogens with zero attached hydrogens (tertiary/aromatic N) is 3. The van der Waals surface area contributed by atoms with Gasteiger partial charge in [-0.15, -0.1) is 0 Å². The first-order valence-corrected chi connectivity index (χ1v) is 7.65. The molecule has 1 N–H and O–H groups in total. The number of ether oxygens (including phenoxy) is 2. The normalized spacial score (nSPS) is 11.0. The summed E-state index contributed by atoms with van der Waals surface area (Å²) in [7, 11) is 5.13. The lowest BCUT2D eigenvalue weighted by molar-refractivity contribution is 0.180. The Balaban J connectivity index is 2.25. The molecule has 1 aromatic heterocycles. The molecule has 0 fully saturated rings. The molecule has 6 nitrogen and oxygen atoms in total. The number of aromatic nitrogens is 2. The highest BCUT2D eigenvalue weighted by atomic mass is 35.5. The van der Waals surface area contributed by atoms with Crippen molar-refractivity contribution in [3.8, 4) is 11.5 Å². The third-order valence-corrected chi connectivity index (χ3v) is 3.85. The Morgan fingerprint density at radius 2 is 2.04 bits per heavy atom. The van der Waals surface area contributed by atoms with E-state index < -0.39 is 0 Å². The minimum Gasteiger partial charge on any atom is -0.493 e. The van der Waals surface area contributed by atoms with Gasteiger partial charge in [0.05, 0.1) is 32.8 Å². The van der Waals surface area contributed by atoms with Crippen molar-refractivity contribution >= 4 is 11.6 Å². The van der Waals surface area contributed by atoms with E-state index in [1.54, 1.807) is 26.6 Å². The second kappa shape index (κ2) is 8.19. The van der Waals surface area contributed by atoms with Crippen LogP contribution in [0.1, 0.15) is 11.3 Å². The van der Waals surface area contributed by atoms with Gasteiger partial charge in [-0.05, 0) is 6.07 Å². The van der Waals surface area contributed by atoms with Gasteiger partial charge in [-0.2, -0.15) is 0 Å². The summed E-state index contributed by atoms with van der Waals surface area (Å²) >= 11 is 6.17. The van der Waals surface area contributed by atoms with Crippen molar-refractivity contribution in [1.82, 2.24) is 14.5 Å². The van der Waals surface area contributed by atoms with Crippen LogP contribution in [0.5, 0.6) is 11.5 Å². The maximum absolute atomic E-state index is 9.35. The molecule has 2 aromatic rings. The molecular weight excluding hydrogens is 318 g/mol. The first-order chi connectivity index (χ1) is 11.1. The van der Waals surface area contributed by atoms with Crippen LogP contribution in [0.4, 0.5) is 0 Å². The monoisotopic (exact) mass is 339 g/mol. The highest BCUT2D eigenvalue weighted by molar-refractivity contribution is 6.30. The second-order valence-corrected chi connectivity index (χ2v) is 5.67. The summed E-state index contributed by atoms with van der Waals surface area (Å²) in [4.78, 5) is 6.23. The van der Waals surface area contributed by atoms with E-state index >= 15 is 0 Å². The molecule has 23 heavy (non-hydrogen) atoms. The zero-order chi connectivity index (χ0) is 16.8. The lowest BCUT2D eigenvalue weighted by Crippen LogP contribution is -2.27. The summed E-state index contributed by atoms with van der Waals surface area (Å²) in [5.74, 6) is 1.25. The van der Waals surface area contributed by atoms with Crippen LogP contribution in [-0.2, 0) is 20.1 Å². The van der Waals surface area contributed by atoms with E-state index in [9.17, 15) is 5.11 Å². The third-order valence-electron chi connectivity index (χ3n) is 3.63. The summed E-state index contributed by atoms with van der Waals surface area (Å²) < 4.78 is 12.8. The van der Waals surface area contributed by atoms with Crippen molar-refractivity contribution in [2.45, 2.75) is 13.1 Å². The predicted molar refractivity (Wildman–Crippen MR) is 89.0 cm³/mol. The number of aryl methyl sites for hydroxylation is 1. The predicted octanol–water partition coefficient (Wildman–Crippen LogP) is 2.09. The van der Waals surface area contributed by atoms with Gasteiger partial charge in [-0.1, -0.05) is 11.6 Å². The SMILES string of the molecule is COc1cc(Cl)cc(CN(CCO)Cc2cncn2C)c1OC. The molecule has 7 heteroatoms. The molecular formula is C16H22ClN3O3. The molecule has 0 amide bonds. The van der Waals surface area contributed by atoms with Gasteiger partial charge in [0, 0.05) is 49.5 Å². The molecule has 126 valence electrons. The number of halogens is 1. The molecule has 0 bridgehead atoms. The molecule has 0 unspecified atom stereocenters. The number of aliphatic hydroxyl groups excluding tert-OH is 1. The fraction of sp³-hybridized carbons (Fsp3) is 0.438. The number of hydrogen-bond donors (Lipinski definition) is 1. The number of benzene rings is 1. The van der Waals surface area contributed by atoms with Crippen LogP contribution in [0.2, 0.25) is 5.02 Å². The summed E-state index contributed by atoms with van der Waals surface area (Å²) in [6, 6.07) is 3.58. The lowest BCUT2D eigenvalue weighted by Gasteiger charge is -2.23. The summed E-state index contributed by atoms with van der Waals surface area (Å²) in [5.41, 5.74) is 1.97. The number of rotatable bonds is 8. The topological polar surface area (TPSA) is 59.8 Å². The molecule has 0 saturated heterocycles. The quantitative estimate of drug-likeness (QED) is 0.798. The van der Waals surface area contributed by atoms with Gasteiger partial charge in [0.1, 0.15) is 0 Å². The van der Waals surface area contributed by atoms with Gasteiger partial charge in [0.2, 0.25) is 0 Å². The van der Waals surface area contributed by atoms with Crippen LogP contribution in [-0.4, -0.2) is 46.9 Å². The van der Waals surface area contributed by atoms with Crippen molar-refractivity contribution in [3.63, 3.8) is 0 Å². The molecule has 0 aliphatic carbocycles. The van der Waals surface area contributed by atoms with Crippen LogP contribution in [0.15, 0.2) is 24.7 Å². The highest BCUT2D eigenvalue weighted by Crippen LogP contribution is 2.35. The van der Waals surface area contributed by atoms with Crippen molar-refractivity contribution in [2.75, 3.05) is 27.4 Å². The summed E-state index contributed by atoms with van der Waals surface area (Å²) in [6.07, 6.45) is 3.58. The minimum absolute atomic E-state index is 0.0673. The van der Waals surface area contributed by atoms with E-state index in [1.165, 1.54) is 0 Å². The molecule has 1 aromatic carbocycles. The largest absolute Gasteiger partial charge is 0.493 e. The number of methoxy groups -OCH3 is 2. The average Bonchev–Trinajstić information content (AvgIpc) is 2.92. The van der Waals surface area contributed by atoms with Crippen molar-refractivity contribution in [3.05, 3.63) is 40.9 Å². The van der Waals surface area contributed by atoms with E-state index in [-0.39, 0.29) is 6.61 Å². The number of aliphatic hydroxyl groups is 1. The zero-order valence-electron chi connectivity index (χ0n) is 13.6. The van der Waals surface area contributed by atoms with E-state index in [0.29, 0.717) is 36.2 Å². The third kappa shape index (κ3) is 4.37. The van der Waals surface area contributed by atoms with Gasteiger partial charge < -0.3 is 19.1 Å². The Kier molecular flexibility index (Phi) is 6.27. The van der Waals surface area contributed by atoms with Gasteiger partial charge in [0.15, 0.2) is 11.5 Å². The van der Waals surface area contributed by atoms with Crippen LogP contribution in [0.25, 0.3) is 0 Å². The highest BCUT2D eigenvalue weighted by Gasteiger charge is 2.16. The van der Waals surface area contributed by atoms with Gasteiger partial charge in [-0.3, -0.25) is 4.90 Å². The van der Waals surface area contributed by atoms with E-state index in [4.69, 9.17) is 21.1 Å². The smallest absolute Gasteiger partial charge is 0.165 e. The van der Waals surface area contributed by atoms with Gasteiger partial charge in [0.25, 0.3) is 0 Å². The Morgan fingerprint density at radius 3 is 2.61 bits per heavy atom. The molecule has 0 spiro atoms. The Hall–Kier alpha value is -1.76. The zero-order valence-corrected chi connectivity index (χ0v) is 14.4. The van der Waals surface area contributed by atoms with Gasteiger partial charge in [-0.25, -0.2) is 4.98 Å². The fourth-order valence-corrected chi connectivity index (χ4v) is 2.72. The van der Waals surface area contributed by atoms with Gasteiger partial charge >= 0.3 is 0 Å². The van der Waals surface area contributed by atoms with Crippen LogP contribution >= 0.6 is 11.6 Å². The number of hydrogen-bond acceptors (Lipinski definition) is 5. The molecule has 0 saturated carbocycles. The Bertz CT molecular complexity index is 645.